The third-order valence-corrected chi connectivity index (χ3v) is 6.39. The van der Waals surface area contributed by atoms with E-state index in [1.807, 2.05) is 30.3 Å². The Morgan fingerprint density at radius 3 is 2.39 bits per heavy atom. The van der Waals surface area contributed by atoms with Crippen LogP contribution in [0.25, 0.3) is 0 Å². The lowest BCUT2D eigenvalue weighted by molar-refractivity contribution is 0.0714. The Hall–Kier alpha value is -1.93. The van der Waals surface area contributed by atoms with Gasteiger partial charge in [0.2, 0.25) is 10.0 Å². The highest BCUT2D eigenvalue weighted by Crippen LogP contribution is 2.19. The number of benzene rings is 2. The van der Waals surface area contributed by atoms with E-state index in [0.29, 0.717) is 18.7 Å². The molecule has 0 spiro atoms. The number of likely N-dealkylation sites (tertiary alicyclic amines) is 1. The summed E-state index contributed by atoms with van der Waals surface area (Å²) in [7, 11) is -3.74. The van der Waals surface area contributed by atoms with Gasteiger partial charge in [0.1, 0.15) is 0 Å². The van der Waals surface area contributed by atoms with Crippen LogP contribution in [-0.4, -0.2) is 38.4 Å². The molecule has 0 radical (unpaired) electrons. The van der Waals surface area contributed by atoms with Crippen LogP contribution >= 0.6 is 12.4 Å². The van der Waals surface area contributed by atoms with Crippen LogP contribution in [0.3, 0.4) is 0 Å². The van der Waals surface area contributed by atoms with Crippen molar-refractivity contribution in [2.24, 2.45) is 5.73 Å². The summed E-state index contributed by atoms with van der Waals surface area (Å²) in [5.74, 6) is -0.157. The molecule has 1 saturated heterocycles. The number of carbonyl (C=O) groups is 1. The zero-order valence-electron chi connectivity index (χ0n) is 15.7. The highest BCUT2D eigenvalue weighted by molar-refractivity contribution is 7.89. The van der Waals surface area contributed by atoms with Gasteiger partial charge in [-0.25, -0.2) is 13.1 Å². The minimum atomic E-state index is -3.74. The molecule has 1 fully saturated rings. The van der Waals surface area contributed by atoms with Crippen molar-refractivity contribution in [2.75, 3.05) is 13.1 Å². The maximum Gasteiger partial charge on any atom is 0.253 e. The van der Waals surface area contributed by atoms with Gasteiger partial charge >= 0.3 is 0 Å². The summed E-state index contributed by atoms with van der Waals surface area (Å²) in [5.41, 5.74) is 7.13. The van der Waals surface area contributed by atoms with Crippen LogP contribution in [0.4, 0.5) is 0 Å². The molecule has 152 valence electrons. The van der Waals surface area contributed by atoms with E-state index >= 15 is 0 Å². The second-order valence-electron chi connectivity index (χ2n) is 6.91. The van der Waals surface area contributed by atoms with Crippen molar-refractivity contribution in [3.63, 3.8) is 0 Å². The van der Waals surface area contributed by atoms with Crippen LogP contribution in [0.15, 0.2) is 59.5 Å². The fraction of sp³-hybridized carbons (Fsp3) is 0.350. The lowest BCUT2D eigenvalue weighted by Gasteiger charge is -2.30. The highest BCUT2D eigenvalue weighted by Gasteiger charge is 2.24. The molecule has 2 aromatic rings. The molecule has 2 aromatic carbocycles. The lowest BCUT2D eigenvalue weighted by atomic mass is 10.0. The number of amides is 1. The SMILES string of the molecule is CC(NS(=O)(=O)c1cccc(C(=O)N2CCC(N)CC2)c1)c1ccccc1.Cl. The largest absolute Gasteiger partial charge is 0.339 e. The number of sulfonamides is 1. The molecule has 3 rings (SSSR count). The van der Waals surface area contributed by atoms with Crippen molar-refractivity contribution in [1.29, 1.82) is 0 Å². The van der Waals surface area contributed by atoms with E-state index in [4.69, 9.17) is 5.73 Å². The average Bonchev–Trinajstić information content (AvgIpc) is 2.68. The van der Waals surface area contributed by atoms with Gasteiger partial charge in [0.05, 0.1) is 4.90 Å². The first kappa shape index (κ1) is 22.4. The van der Waals surface area contributed by atoms with Gasteiger partial charge in [-0.1, -0.05) is 36.4 Å². The van der Waals surface area contributed by atoms with Gasteiger partial charge in [-0.3, -0.25) is 4.79 Å². The molecule has 1 aliphatic heterocycles. The summed E-state index contributed by atoms with van der Waals surface area (Å²) in [6.07, 6.45) is 1.53. The van der Waals surface area contributed by atoms with Crippen LogP contribution < -0.4 is 10.5 Å². The predicted molar refractivity (Wildman–Crippen MR) is 112 cm³/mol. The standard InChI is InChI=1S/C20H25N3O3S.ClH/c1-15(16-6-3-2-4-7-16)22-27(25,26)19-9-5-8-17(14-19)20(24)23-12-10-18(21)11-13-23;/h2-9,14-15,18,22H,10-13,21H2,1H3;1H. The summed E-state index contributed by atoms with van der Waals surface area (Å²) < 4.78 is 28.2. The van der Waals surface area contributed by atoms with E-state index in [0.717, 1.165) is 18.4 Å². The Kier molecular flexibility index (Phi) is 7.60. The third kappa shape index (κ3) is 5.32. The Bertz CT molecular complexity index is 898. The molecule has 0 aromatic heterocycles. The first-order valence-corrected chi connectivity index (χ1v) is 10.6. The predicted octanol–water partition coefficient (Wildman–Crippen LogP) is 2.71. The maximum atomic E-state index is 12.8. The smallest absolute Gasteiger partial charge is 0.253 e. The van der Waals surface area contributed by atoms with Gasteiger partial charge < -0.3 is 10.6 Å². The van der Waals surface area contributed by atoms with E-state index in [9.17, 15) is 13.2 Å². The van der Waals surface area contributed by atoms with Gasteiger partial charge in [0.25, 0.3) is 5.91 Å². The van der Waals surface area contributed by atoms with Gasteiger partial charge in [-0.15, -0.1) is 12.4 Å². The highest BCUT2D eigenvalue weighted by atomic mass is 35.5. The van der Waals surface area contributed by atoms with Gasteiger partial charge in [-0.05, 0) is 43.5 Å². The van der Waals surface area contributed by atoms with Crippen LogP contribution in [0.2, 0.25) is 0 Å². The first-order chi connectivity index (χ1) is 12.9. The summed E-state index contributed by atoms with van der Waals surface area (Å²) in [6.45, 7) is 2.99. The molecule has 3 N–H and O–H groups in total. The topological polar surface area (TPSA) is 92.5 Å². The van der Waals surface area contributed by atoms with Crippen LogP contribution in [-0.2, 0) is 10.0 Å². The molecular formula is C20H26ClN3O3S. The number of nitrogens with one attached hydrogen (secondary N) is 1. The minimum absolute atomic E-state index is 0. The summed E-state index contributed by atoms with van der Waals surface area (Å²) in [4.78, 5) is 14.5. The molecule has 6 nitrogen and oxygen atoms in total. The number of rotatable bonds is 5. The molecule has 0 bridgehead atoms. The number of nitrogens with zero attached hydrogens (tertiary/aromatic N) is 1. The van der Waals surface area contributed by atoms with E-state index in [-0.39, 0.29) is 35.3 Å². The van der Waals surface area contributed by atoms with E-state index in [2.05, 4.69) is 4.72 Å². The van der Waals surface area contributed by atoms with Crippen molar-refractivity contribution >= 4 is 28.3 Å². The number of hydrogen-bond acceptors (Lipinski definition) is 4. The summed E-state index contributed by atoms with van der Waals surface area (Å²) in [5, 5.41) is 0. The van der Waals surface area contributed by atoms with Crippen molar-refractivity contribution in [3.05, 3.63) is 65.7 Å². The Balaban J connectivity index is 0.00000280. The fourth-order valence-electron chi connectivity index (χ4n) is 3.19. The van der Waals surface area contributed by atoms with E-state index in [1.54, 1.807) is 24.0 Å². The van der Waals surface area contributed by atoms with Crippen LogP contribution in [0.5, 0.6) is 0 Å². The van der Waals surface area contributed by atoms with Crippen LogP contribution in [0.1, 0.15) is 41.7 Å². The minimum Gasteiger partial charge on any atom is -0.339 e. The summed E-state index contributed by atoms with van der Waals surface area (Å²) >= 11 is 0. The molecule has 8 heteroatoms. The van der Waals surface area contributed by atoms with Crippen molar-refractivity contribution < 1.29 is 13.2 Å². The number of halogens is 1. The van der Waals surface area contributed by atoms with Gasteiger partial charge in [0.15, 0.2) is 0 Å². The molecule has 1 amide bonds. The summed E-state index contributed by atoms with van der Waals surface area (Å²) in [6, 6.07) is 15.3. The molecule has 28 heavy (non-hydrogen) atoms. The van der Waals surface area contributed by atoms with Crippen molar-refractivity contribution in [1.82, 2.24) is 9.62 Å². The van der Waals surface area contributed by atoms with Crippen molar-refractivity contribution in [3.8, 4) is 0 Å². The third-order valence-electron chi connectivity index (χ3n) is 4.85. The second kappa shape index (κ2) is 9.52. The second-order valence-corrected chi connectivity index (χ2v) is 8.63. The Morgan fingerprint density at radius 2 is 1.75 bits per heavy atom. The van der Waals surface area contributed by atoms with E-state index < -0.39 is 10.0 Å². The Morgan fingerprint density at radius 1 is 1.11 bits per heavy atom. The van der Waals surface area contributed by atoms with Gasteiger partial charge in [0, 0.05) is 30.7 Å². The fourth-order valence-corrected chi connectivity index (χ4v) is 4.47. The van der Waals surface area contributed by atoms with E-state index in [1.165, 1.54) is 12.1 Å². The van der Waals surface area contributed by atoms with Crippen molar-refractivity contribution in [2.45, 2.75) is 36.7 Å². The molecule has 0 aliphatic carbocycles. The maximum absolute atomic E-state index is 12.8. The molecule has 1 aliphatic rings. The monoisotopic (exact) mass is 423 g/mol. The first-order valence-electron chi connectivity index (χ1n) is 9.09. The Labute approximate surface area is 172 Å². The zero-order valence-corrected chi connectivity index (χ0v) is 17.4. The number of piperidine rings is 1. The quantitative estimate of drug-likeness (QED) is 0.773. The lowest BCUT2D eigenvalue weighted by Crippen LogP contribution is -2.42. The molecule has 0 saturated carbocycles. The normalized spacial score (nSPS) is 16.3. The zero-order chi connectivity index (χ0) is 19.4. The average molecular weight is 424 g/mol. The number of nitrogens with two attached hydrogens (primary N) is 1. The van der Waals surface area contributed by atoms with Crippen LogP contribution in [0, 0.1) is 0 Å². The molecule has 1 atom stereocenters. The molecular weight excluding hydrogens is 398 g/mol. The number of hydrogen-bond donors (Lipinski definition) is 2. The van der Waals surface area contributed by atoms with Gasteiger partial charge in [-0.2, -0.15) is 0 Å². The molecule has 1 unspecified atom stereocenters. The molecule has 1 heterocycles. The number of carbonyl (C=O) groups excluding carboxylic acids is 1.